The molecule has 2 aromatic carbocycles. The number of nitrogens with zero attached hydrogens (tertiary/aromatic N) is 2. The molecule has 0 radical (unpaired) electrons. The Morgan fingerprint density at radius 2 is 1.83 bits per heavy atom. The van der Waals surface area contributed by atoms with E-state index in [0.29, 0.717) is 10.6 Å². The van der Waals surface area contributed by atoms with Crippen molar-refractivity contribution in [2.75, 3.05) is 0 Å². The molecule has 154 valence electrons. The van der Waals surface area contributed by atoms with Crippen LogP contribution in [0.1, 0.15) is 31.9 Å². The van der Waals surface area contributed by atoms with Crippen LogP contribution in [0.15, 0.2) is 48.5 Å². The van der Waals surface area contributed by atoms with Crippen molar-refractivity contribution in [2.24, 2.45) is 0 Å². The van der Waals surface area contributed by atoms with Gasteiger partial charge in [-0.15, -0.1) is 0 Å². The van der Waals surface area contributed by atoms with Crippen LogP contribution in [0.25, 0.3) is 0 Å². The van der Waals surface area contributed by atoms with E-state index in [2.05, 4.69) is 5.32 Å². The van der Waals surface area contributed by atoms with Crippen molar-refractivity contribution < 1.29 is 14.5 Å². The first kappa shape index (κ1) is 22.4. The molecule has 29 heavy (non-hydrogen) atoms. The number of halogens is 1. The van der Waals surface area contributed by atoms with Crippen LogP contribution in [0, 0.1) is 10.1 Å². The number of nitro benzene ring substituents is 1. The molecule has 0 bridgehead atoms. The molecule has 0 aliphatic heterocycles. The summed E-state index contributed by atoms with van der Waals surface area (Å²) in [6.07, 6.45) is -0.184. The Labute approximate surface area is 174 Å². The number of rotatable bonds is 8. The molecule has 1 N–H and O–H groups in total. The Morgan fingerprint density at radius 1 is 1.14 bits per heavy atom. The van der Waals surface area contributed by atoms with Crippen molar-refractivity contribution in [3.05, 3.63) is 74.8 Å². The van der Waals surface area contributed by atoms with Gasteiger partial charge < -0.3 is 10.2 Å². The van der Waals surface area contributed by atoms with Crippen molar-refractivity contribution in [2.45, 2.75) is 45.8 Å². The van der Waals surface area contributed by atoms with Gasteiger partial charge in [-0.25, -0.2) is 0 Å². The molecule has 0 saturated carbocycles. The van der Waals surface area contributed by atoms with Crippen LogP contribution in [-0.2, 0) is 22.6 Å². The van der Waals surface area contributed by atoms with E-state index in [1.165, 1.54) is 11.0 Å². The van der Waals surface area contributed by atoms with Crippen LogP contribution in [0.3, 0.4) is 0 Å². The molecule has 0 unspecified atom stereocenters. The Bertz CT molecular complexity index is 901. The molecular formula is C21H24ClN3O4. The largest absolute Gasteiger partial charge is 0.352 e. The standard InChI is InChI=1S/C21H24ClN3O4/c1-14(2)23-21(27)15(3)24(13-16-7-6-9-18(22)11-16)20(26)12-17-8-4-5-10-19(17)25(28)29/h4-11,14-15H,12-13H2,1-3H3,(H,23,27)/t15-/m1/s1. The number of hydrogen-bond acceptors (Lipinski definition) is 4. The second-order valence-electron chi connectivity index (χ2n) is 7.05. The van der Waals surface area contributed by atoms with Crippen LogP contribution in [0.4, 0.5) is 5.69 Å². The van der Waals surface area contributed by atoms with E-state index in [4.69, 9.17) is 11.6 Å². The molecule has 0 saturated heterocycles. The Kier molecular flexibility index (Phi) is 7.73. The van der Waals surface area contributed by atoms with Gasteiger partial charge in [-0.3, -0.25) is 19.7 Å². The average Bonchev–Trinajstić information content (AvgIpc) is 2.65. The number of nitro groups is 1. The lowest BCUT2D eigenvalue weighted by Gasteiger charge is -2.29. The van der Waals surface area contributed by atoms with Crippen LogP contribution in [0.5, 0.6) is 0 Å². The maximum Gasteiger partial charge on any atom is 0.273 e. The van der Waals surface area contributed by atoms with E-state index in [0.717, 1.165) is 5.56 Å². The smallest absolute Gasteiger partial charge is 0.273 e. The lowest BCUT2D eigenvalue weighted by atomic mass is 10.1. The molecule has 0 aliphatic rings. The zero-order valence-corrected chi connectivity index (χ0v) is 17.3. The maximum absolute atomic E-state index is 13.1. The molecule has 0 aliphatic carbocycles. The van der Waals surface area contributed by atoms with Crippen LogP contribution < -0.4 is 5.32 Å². The molecule has 1 atom stereocenters. The Balaban J connectivity index is 2.31. The first-order valence-corrected chi connectivity index (χ1v) is 9.63. The van der Waals surface area contributed by atoms with E-state index < -0.39 is 11.0 Å². The second kappa shape index (κ2) is 10.0. The van der Waals surface area contributed by atoms with E-state index in [9.17, 15) is 19.7 Å². The fourth-order valence-corrected chi connectivity index (χ4v) is 3.14. The van der Waals surface area contributed by atoms with Gasteiger partial charge in [-0.1, -0.05) is 41.9 Å². The summed E-state index contributed by atoms with van der Waals surface area (Å²) in [5.74, 6) is -0.677. The average molecular weight is 418 g/mol. The SMILES string of the molecule is CC(C)NC(=O)[C@@H](C)N(Cc1cccc(Cl)c1)C(=O)Cc1ccccc1[N+](=O)[O-]. The highest BCUT2D eigenvalue weighted by Gasteiger charge is 2.28. The minimum atomic E-state index is -0.758. The first-order valence-electron chi connectivity index (χ1n) is 9.25. The van der Waals surface area contributed by atoms with Gasteiger partial charge in [0.25, 0.3) is 5.69 Å². The molecule has 0 heterocycles. The third-order valence-electron chi connectivity index (χ3n) is 4.37. The molecule has 2 aromatic rings. The summed E-state index contributed by atoms with van der Waals surface area (Å²) in [6, 6.07) is 12.3. The third kappa shape index (κ3) is 6.29. The maximum atomic E-state index is 13.1. The van der Waals surface area contributed by atoms with Crippen molar-refractivity contribution in [3.8, 4) is 0 Å². The second-order valence-corrected chi connectivity index (χ2v) is 7.49. The fourth-order valence-electron chi connectivity index (χ4n) is 2.92. The van der Waals surface area contributed by atoms with Gasteiger partial charge in [0, 0.05) is 29.2 Å². The highest BCUT2D eigenvalue weighted by atomic mass is 35.5. The van der Waals surface area contributed by atoms with Gasteiger partial charge >= 0.3 is 0 Å². The van der Waals surface area contributed by atoms with Gasteiger partial charge in [0.2, 0.25) is 11.8 Å². The highest BCUT2D eigenvalue weighted by molar-refractivity contribution is 6.30. The summed E-state index contributed by atoms with van der Waals surface area (Å²) < 4.78 is 0. The summed E-state index contributed by atoms with van der Waals surface area (Å²) >= 11 is 6.05. The molecule has 2 rings (SSSR count). The lowest BCUT2D eigenvalue weighted by molar-refractivity contribution is -0.385. The van der Waals surface area contributed by atoms with Crippen LogP contribution in [0.2, 0.25) is 5.02 Å². The van der Waals surface area contributed by atoms with Gasteiger partial charge in [-0.05, 0) is 38.5 Å². The zero-order chi connectivity index (χ0) is 21.6. The molecule has 7 nitrogen and oxygen atoms in total. The van der Waals surface area contributed by atoms with Crippen LogP contribution in [-0.4, -0.2) is 33.7 Å². The normalized spacial score (nSPS) is 11.8. The van der Waals surface area contributed by atoms with E-state index in [-0.39, 0.29) is 36.5 Å². The first-order chi connectivity index (χ1) is 13.7. The van der Waals surface area contributed by atoms with Gasteiger partial charge in [0.15, 0.2) is 0 Å². The zero-order valence-electron chi connectivity index (χ0n) is 16.6. The number of carbonyl (C=O) groups is 2. The minimum Gasteiger partial charge on any atom is -0.352 e. The van der Waals surface area contributed by atoms with E-state index >= 15 is 0 Å². The Morgan fingerprint density at radius 3 is 2.45 bits per heavy atom. The van der Waals surface area contributed by atoms with E-state index in [1.807, 2.05) is 19.9 Å². The quantitative estimate of drug-likeness (QED) is 0.523. The van der Waals surface area contributed by atoms with Crippen molar-refractivity contribution in [1.29, 1.82) is 0 Å². The topological polar surface area (TPSA) is 92.6 Å². The number of amides is 2. The molecular weight excluding hydrogens is 394 g/mol. The molecule has 2 amide bonds. The monoisotopic (exact) mass is 417 g/mol. The number of hydrogen-bond donors (Lipinski definition) is 1. The molecule has 0 aromatic heterocycles. The Hall–Kier alpha value is -2.93. The summed E-state index contributed by atoms with van der Waals surface area (Å²) in [5.41, 5.74) is 0.940. The van der Waals surface area contributed by atoms with E-state index in [1.54, 1.807) is 43.3 Å². The summed E-state index contributed by atoms with van der Waals surface area (Å²) in [4.78, 5) is 37.8. The van der Waals surface area contributed by atoms with Crippen molar-refractivity contribution >= 4 is 29.1 Å². The highest BCUT2D eigenvalue weighted by Crippen LogP contribution is 2.21. The lowest BCUT2D eigenvalue weighted by Crippen LogP contribution is -2.49. The minimum absolute atomic E-state index is 0.0803. The van der Waals surface area contributed by atoms with Crippen molar-refractivity contribution in [3.63, 3.8) is 0 Å². The number of nitrogens with one attached hydrogen (secondary N) is 1. The molecule has 0 spiro atoms. The van der Waals surface area contributed by atoms with Gasteiger partial charge in [-0.2, -0.15) is 0 Å². The molecule has 8 heteroatoms. The van der Waals surface area contributed by atoms with Gasteiger partial charge in [0.1, 0.15) is 6.04 Å². The predicted molar refractivity (Wildman–Crippen MR) is 112 cm³/mol. The predicted octanol–water partition coefficient (Wildman–Crippen LogP) is 3.73. The van der Waals surface area contributed by atoms with Gasteiger partial charge in [0.05, 0.1) is 11.3 Å². The summed E-state index contributed by atoms with van der Waals surface area (Å²) in [5, 5.41) is 14.6. The van der Waals surface area contributed by atoms with Crippen molar-refractivity contribution in [1.82, 2.24) is 10.2 Å². The summed E-state index contributed by atoms with van der Waals surface area (Å²) in [6.45, 7) is 5.47. The van der Waals surface area contributed by atoms with Crippen LogP contribution >= 0.6 is 11.6 Å². The number of carbonyl (C=O) groups excluding carboxylic acids is 2. The fraction of sp³-hybridized carbons (Fsp3) is 0.333. The number of para-hydroxylation sites is 1. The third-order valence-corrected chi connectivity index (χ3v) is 4.61. The summed E-state index contributed by atoms with van der Waals surface area (Å²) in [7, 11) is 0. The number of benzene rings is 2. The molecule has 0 fully saturated rings.